The van der Waals surface area contributed by atoms with Gasteiger partial charge in [-0.15, -0.1) is 0 Å². The second kappa shape index (κ2) is 4.58. The molecule has 1 fully saturated rings. The highest BCUT2D eigenvalue weighted by Gasteiger charge is 2.17. The molecular weight excluding hydrogens is 194 g/mol. The molecule has 0 spiro atoms. The third-order valence-electron chi connectivity index (χ3n) is 3.54. The second-order valence-electron chi connectivity index (χ2n) is 5.92. The first kappa shape index (κ1) is 11.7. The van der Waals surface area contributed by atoms with Crippen LogP contribution in [0.4, 0.5) is 0 Å². The van der Waals surface area contributed by atoms with E-state index in [4.69, 9.17) is 0 Å². The lowest BCUT2D eigenvalue weighted by Gasteiger charge is -2.24. The van der Waals surface area contributed by atoms with Crippen molar-refractivity contribution in [2.75, 3.05) is 13.1 Å². The molecule has 1 aliphatic heterocycles. The van der Waals surface area contributed by atoms with Crippen LogP contribution >= 0.6 is 0 Å². The molecule has 0 radical (unpaired) electrons. The Bertz CT molecular complexity index is 325. The third-order valence-corrected chi connectivity index (χ3v) is 3.54. The topological polar surface area (TPSA) is 12.0 Å². The molecule has 1 aliphatic rings. The van der Waals surface area contributed by atoms with Crippen LogP contribution in [0.5, 0.6) is 0 Å². The van der Waals surface area contributed by atoms with Crippen molar-refractivity contribution in [1.29, 1.82) is 0 Å². The van der Waals surface area contributed by atoms with Gasteiger partial charge in [0.1, 0.15) is 0 Å². The van der Waals surface area contributed by atoms with Gasteiger partial charge in [0.2, 0.25) is 0 Å². The molecule has 0 saturated carbocycles. The van der Waals surface area contributed by atoms with Crippen molar-refractivity contribution in [3.63, 3.8) is 0 Å². The molecule has 1 N–H and O–H groups in total. The summed E-state index contributed by atoms with van der Waals surface area (Å²) in [6, 6.07) is 9.23. The molecule has 16 heavy (non-hydrogen) atoms. The van der Waals surface area contributed by atoms with Crippen LogP contribution in [0.2, 0.25) is 0 Å². The average Bonchev–Trinajstić information content (AvgIpc) is 2.29. The number of hydrogen-bond donors (Lipinski definition) is 1. The molecule has 1 nitrogen and oxygen atoms in total. The highest BCUT2D eigenvalue weighted by Crippen LogP contribution is 2.27. The van der Waals surface area contributed by atoms with Gasteiger partial charge in [-0.05, 0) is 41.8 Å². The largest absolute Gasteiger partial charge is 0.316 e. The Morgan fingerprint density at radius 2 is 1.81 bits per heavy atom. The van der Waals surface area contributed by atoms with Gasteiger partial charge in [0.25, 0.3) is 0 Å². The van der Waals surface area contributed by atoms with E-state index in [1.54, 1.807) is 0 Å². The van der Waals surface area contributed by atoms with Crippen LogP contribution in [-0.4, -0.2) is 13.1 Å². The summed E-state index contributed by atoms with van der Waals surface area (Å²) in [4.78, 5) is 0. The predicted molar refractivity (Wildman–Crippen MR) is 70.0 cm³/mol. The zero-order chi connectivity index (χ0) is 11.6. The minimum absolute atomic E-state index is 0.267. The maximum absolute atomic E-state index is 3.48. The van der Waals surface area contributed by atoms with E-state index >= 15 is 0 Å². The Morgan fingerprint density at radius 3 is 2.31 bits per heavy atom. The quantitative estimate of drug-likeness (QED) is 0.759. The van der Waals surface area contributed by atoms with Gasteiger partial charge < -0.3 is 5.32 Å². The molecule has 1 unspecified atom stereocenters. The molecule has 1 atom stereocenters. The summed E-state index contributed by atoms with van der Waals surface area (Å²) in [6.45, 7) is 9.14. The lowest BCUT2D eigenvalue weighted by molar-refractivity contribution is 0.461. The van der Waals surface area contributed by atoms with Crippen LogP contribution < -0.4 is 5.32 Å². The maximum atomic E-state index is 3.48. The minimum atomic E-state index is 0.267. The van der Waals surface area contributed by atoms with Gasteiger partial charge in [0, 0.05) is 6.54 Å². The standard InChI is InChI=1S/C15H23N/c1-15(2,3)14-8-6-12(7-9-14)13-5-4-10-16-11-13/h6-9,13,16H,4-5,10-11H2,1-3H3. The summed E-state index contributed by atoms with van der Waals surface area (Å²) in [5, 5.41) is 3.48. The molecule has 88 valence electrons. The number of nitrogens with one attached hydrogen (secondary N) is 1. The normalized spacial score (nSPS) is 22.1. The van der Waals surface area contributed by atoms with Gasteiger partial charge in [0.15, 0.2) is 0 Å². The summed E-state index contributed by atoms with van der Waals surface area (Å²) in [6.07, 6.45) is 2.65. The van der Waals surface area contributed by atoms with Crippen LogP contribution in [0.1, 0.15) is 50.7 Å². The summed E-state index contributed by atoms with van der Waals surface area (Å²) in [5.41, 5.74) is 3.20. The molecule has 1 aromatic carbocycles. The van der Waals surface area contributed by atoms with E-state index in [0.29, 0.717) is 0 Å². The number of benzene rings is 1. The molecule has 1 heterocycles. The van der Waals surface area contributed by atoms with Crippen molar-refractivity contribution in [3.8, 4) is 0 Å². The maximum Gasteiger partial charge on any atom is 0.00201 e. The van der Waals surface area contributed by atoms with Crippen LogP contribution in [-0.2, 0) is 5.41 Å². The van der Waals surface area contributed by atoms with Crippen LogP contribution in [0.15, 0.2) is 24.3 Å². The van der Waals surface area contributed by atoms with Gasteiger partial charge in [-0.25, -0.2) is 0 Å². The molecule has 1 saturated heterocycles. The highest BCUT2D eigenvalue weighted by atomic mass is 14.9. The summed E-state index contributed by atoms with van der Waals surface area (Å²) >= 11 is 0. The van der Waals surface area contributed by atoms with Gasteiger partial charge in [0.05, 0.1) is 0 Å². The van der Waals surface area contributed by atoms with Crippen molar-refractivity contribution in [2.45, 2.75) is 44.9 Å². The molecule has 0 aromatic heterocycles. The third kappa shape index (κ3) is 2.65. The first-order valence-electron chi connectivity index (χ1n) is 6.38. The van der Waals surface area contributed by atoms with Gasteiger partial charge >= 0.3 is 0 Å². The molecule has 1 heteroatoms. The average molecular weight is 217 g/mol. The van der Waals surface area contributed by atoms with E-state index in [1.807, 2.05) is 0 Å². The number of piperidine rings is 1. The fraction of sp³-hybridized carbons (Fsp3) is 0.600. The lowest BCUT2D eigenvalue weighted by Crippen LogP contribution is -2.28. The van der Waals surface area contributed by atoms with E-state index in [0.717, 1.165) is 12.5 Å². The SMILES string of the molecule is CC(C)(C)c1ccc(C2CCCNC2)cc1. The molecule has 0 aliphatic carbocycles. The van der Waals surface area contributed by atoms with Gasteiger partial charge in [-0.3, -0.25) is 0 Å². The highest BCUT2D eigenvalue weighted by molar-refractivity contribution is 5.29. The molecule has 1 aromatic rings. The zero-order valence-corrected chi connectivity index (χ0v) is 10.7. The minimum Gasteiger partial charge on any atom is -0.316 e. The van der Waals surface area contributed by atoms with E-state index in [-0.39, 0.29) is 5.41 Å². The van der Waals surface area contributed by atoms with Gasteiger partial charge in [-0.2, -0.15) is 0 Å². The Kier molecular flexibility index (Phi) is 3.34. The Labute approximate surface area is 99.3 Å². The van der Waals surface area contributed by atoms with Crippen molar-refractivity contribution in [3.05, 3.63) is 35.4 Å². The smallest absolute Gasteiger partial charge is 0.00201 e. The summed E-state index contributed by atoms with van der Waals surface area (Å²) < 4.78 is 0. The number of hydrogen-bond acceptors (Lipinski definition) is 1. The zero-order valence-electron chi connectivity index (χ0n) is 10.7. The Hall–Kier alpha value is -0.820. The van der Waals surface area contributed by atoms with Crippen molar-refractivity contribution in [2.24, 2.45) is 0 Å². The molecule has 0 amide bonds. The Morgan fingerprint density at radius 1 is 1.12 bits per heavy atom. The predicted octanol–water partition coefficient (Wildman–Crippen LogP) is 3.45. The van der Waals surface area contributed by atoms with Crippen LogP contribution in [0.3, 0.4) is 0 Å². The van der Waals surface area contributed by atoms with E-state index in [9.17, 15) is 0 Å². The fourth-order valence-electron chi connectivity index (χ4n) is 2.39. The summed E-state index contributed by atoms with van der Waals surface area (Å²) in [7, 11) is 0. The fourth-order valence-corrected chi connectivity index (χ4v) is 2.39. The first-order valence-corrected chi connectivity index (χ1v) is 6.38. The number of rotatable bonds is 1. The van der Waals surface area contributed by atoms with Crippen molar-refractivity contribution < 1.29 is 0 Å². The molecular formula is C15H23N. The van der Waals surface area contributed by atoms with E-state index < -0.39 is 0 Å². The molecule has 2 rings (SSSR count). The van der Waals surface area contributed by atoms with Crippen molar-refractivity contribution >= 4 is 0 Å². The van der Waals surface area contributed by atoms with Gasteiger partial charge in [-0.1, -0.05) is 45.0 Å². The Balaban J connectivity index is 2.12. The summed E-state index contributed by atoms with van der Waals surface area (Å²) in [5.74, 6) is 0.725. The van der Waals surface area contributed by atoms with Crippen LogP contribution in [0, 0.1) is 0 Å². The first-order chi connectivity index (χ1) is 7.57. The van der Waals surface area contributed by atoms with E-state index in [1.165, 1.54) is 30.5 Å². The monoisotopic (exact) mass is 217 g/mol. The molecule has 0 bridgehead atoms. The van der Waals surface area contributed by atoms with Crippen LogP contribution in [0.25, 0.3) is 0 Å². The second-order valence-corrected chi connectivity index (χ2v) is 5.92. The van der Waals surface area contributed by atoms with E-state index in [2.05, 4.69) is 50.4 Å². The van der Waals surface area contributed by atoms with Crippen molar-refractivity contribution in [1.82, 2.24) is 5.32 Å². The lowest BCUT2D eigenvalue weighted by atomic mass is 9.84.